The lowest BCUT2D eigenvalue weighted by atomic mass is 9.83. The minimum Gasteiger partial charge on any atom is -0.452 e. The van der Waals surface area contributed by atoms with Crippen molar-refractivity contribution >= 4 is 33.3 Å². The molecule has 3 heteroatoms. The molecule has 1 aromatic heterocycles. The van der Waals surface area contributed by atoms with E-state index >= 15 is 0 Å². The summed E-state index contributed by atoms with van der Waals surface area (Å²) in [5.74, 6) is 0.627. The number of anilines is 2. The Bertz CT molecular complexity index is 1220. The first-order valence-corrected chi connectivity index (χ1v) is 10.4. The van der Waals surface area contributed by atoms with E-state index in [1.807, 2.05) is 18.2 Å². The maximum atomic E-state index is 9.48. The van der Waals surface area contributed by atoms with E-state index in [1.165, 1.54) is 43.4 Å². The summed E-state index contributed by atoms with van der Waals surface area (Å²) in [5.41, 5.74) is 5.80. The van der Waals surface area contributed by atoms with Crippen molar-refractivity contribution < 1.29 is 4.42 Å². The highest BCUT2D eigenvalue weighted by molar-refractivity contribution is 6.10. The minimum absolute atomic E-state index is 0.579. The van der Waals surface area contributed by atoms with Crippen molar-refractivity contribution in [2.75, 3.05) is 11.9 Å². The Hall–Kier alpha value is -3.25. The van der Waals surface area contributed by atoms with Crippen molar-refractivity contribution in [3.63, 3.8) is 0 Å². The molecule has 1 heterocycles. The number of nitriles is 1. The number of fused-ring (bicyclic) bond motifs is 3. The SMILES string of the molecule is CN(c1ccccc1C1CCCCC1)c1cccc2c1oc1c(C#N)cccc12. The summed E-state index contributed by atoms with van der Waals surface area (Å²) < 4.78 is 6.27. The molecule has 1 saturated carbocycles. The Labute approximate surface area is 171 Å². The Morgan fingerprint density at radius 2 is 1.52 bits per heavy atom. The van der Waals surface area contributed by atoms with E-state index in [0.717, 1.165) is 22.0 Å². The van der Waals surface area contributed by atoms with Crippen LogP contribution in [-0.2, 0) is 0 Å². The second-order valence-corrected chi connectivity index (χ2v) is 8.00. The van der Waals surface area contributed by atoms with Crippen LogP contribution in [-0.4, -0.2) is 7.05 Å². The predicted octanol–water partition coefficient (Wildman–Crippen LogP) is 7.27. The predicted molar refractivity (Wildman–Crippen MR) is 119 cm³/mol. The van der Waals surface area contributed by atoms with Gasteiger partial charge in [0.1, 0.15) is 6.07 Å². The van der Waals surface area contributed by atoms with Gasteiger partial charge in [-0.05, 0) is 42.5 Å². The molecule has 1 aliphatic rings. The number of para-hydroxylation sites is 3. The lowest BCUT2D eigenvalue weighted by Gasteiger charge is -2.29. The first-order valence-electron chi connectivity index (χ1n) is 10.4. The molecular weight excluding hydrogens is 356 g/mol. The van der Waals surface area contributed by atoms with Crippen LogP contribution in [0, 0.1) is 11.3 Å². The zero-order chi connectivity index (χ0) is 19.8. The highest BCUT2D eigenvalue weighted by Gasteiger charge is 2.22. The number of hydrogen-bond acceptors (Lipinski definition) is 3. The van der Waals surface area contributed by atoms with Crippen LogP contribution in [0.2, 0.25) is 0 Å². The molecule has 5 rings (SSSR count). The molecule has 0 atom stereocenters. The lowest BCUT2D eigenvalue weighted by Crippen LogP contribution is -2.15. The number of furan rings is 1. The minimum atomic E-state index is 0.579. The van der Waals surface area contributed by atoms with E-state index in [0.29, 0.717) is 17.1 Å². The topological polar surface area (TPSA) is 40.2 Å². The molecule has 0 radical (unpaired) electrons. The molecule has 0 N–H and O–H groups in total. The van der Waals surface area contributed by atoms with E-state index in [1.54, 1.807) is 0 Å². The molecule has 3 aromatic carbocycles. The number of benzene rings is 3. The van der Waals surface area contributed by atoms with Crippen molar-refractivity contribution in [2.45, 2.75) is 38.0 Å². The molecule has 29 heavy (non-hydrogen) atoms. The monoisotopic (exact) mass is 380 g/mol. The van der Waals surface area contributed by atoms with Gasteiger partial charge in [0.25, 0.3) is 0 Å². The van der Waals surface area contributed by atoms with Crippen molar-refractivity contribution in [3.05, 3.63) is 71.8 Å². The molecule has 0 unspecified atom stereocenters. The normalized spacial score (nSPS) is 14.9. The number of rotatable bonds is 3. The molecule has 144 valence electrons. The van der Waals surface area contributed by atoms with Crippen LogP contribution >= 0.6 is 0 Å². The molecule has 1 aliphatic carbocycles. The standard InChI is InChI=1S/C26H24N2O/c1-28(23-15-6-5-12-20(23)18-9-3-2-4-10-18)24-16-8-14-22-21-13-7-11-19(17-27)25(21)29-26(22)24/h5-8,11-16,18H,2-4,9-10H2,1H3. The third kappa shape index (κ3) is 2.96. The Kier molecular flexibility index (Phi) is 4.48. The smallest absolute Gasteiger partial charge is 0.159 e. The van der Waals surface area contributed by atoms with Crippen LogP contribution in [0.4, 0.5) is 11.4 Å². The average Bonchev–Trinajstić information content (AvgIpc) is 3.18. The molecule has 1 fully saturated rings. The fraction of sp³-hybridized carbons (Fsp3) is 0.269. The summed E-state index contributed by atoms with van der Waals surface area (Å²) in [5, 5.41) is 11.5. The number of hydrogen-bond donors (Lipinski definition) is 0. The largest absolute Gasteiger partial charge is 0.452 e. The zero-order valence-electron chi connectivity index (χ0n) is 16.7. The molecule has 0 aliphatic heterocycles. The molecule has 0 saturated heterocycles. The van der Waals surface area contributed by atoms with Gasteiger partial charge in [0.2, 0.25) is 0 Å². The summed E-state index contributed by atoms with van der Waals surface area (Å²) in [7, 11) is 2.12. The van der Waals surface area contributed by atoms with Gasteiger partial charge in [-0.1, -0.05) is 61.7 Å². The van der Waals surface area contributed by atoms with E-state index in [4.69, 9.17) is 4.42 Å². The fourth-order valence-electron chi connectivity index (χ4n) is 4.84. The van der Waals surface area contributed by atoms with Gasteiger partial charge >= 0.3 is 0 Å². The van der Waals surface area contributed by atoms with Crippen molar-refractivity contribution in [2.24, 2.45) is 0 Å². The van der Waals surface area contributed by atoms with Gasteiger partial charge in [-0.3, -0.25) is 0 Å². The molecule has 3 nitrogen and oxygen atoms in total. The summed E-state index contributed by atoms with van der Waals surface area (Å²) >= 11 is 0. The summed E-state index contributed by atoms with van der Waals surface area (Å²) in [6, 6.07) is 23.0. The van der Waals surface area contributed by atoms with Crippen LogP contribution in [0.25, 0.3) is 21.9 Å². The maximum Gasteiger partial charge on any atom is 0.159 e. The summed E-state index contributed by atoms with van der Waals surface area (Å²) in [6.45, 7) is 0. The van der Waals surface area contributed by atoms with Gasteiger partial charge in [-0.2, -0.15) is 5.26 Å². The van der Waals surface area contributed by atoms with Gasteiger partial charge in [-0.25, -0.2) is 0 Å². The highest BCUT2D eigenvalue weighted by atomic mass is 16.3. The first-order chi connectivity index (χ1) is 14.3. The second-order valence-electron chi connectivity index (χ2n) is 8.00. The van der Waals surface area contributed by atoms with Crippen molar-refractivity contribution in [3.8, 4) is 6.07 Å². The average molecular weight is 380 g/mol. The van der Waals surface area contributed by atoms with Crippen LogP contribution in [0.15, 0.2) is 65.1 Å². The highest BCUT2D eigenvalue weighted by Crippen LogP contribution is 2.42. The fourth-order valence-corrected chi connectivity index (χ4v) is 4.84. The van der Waals surface area contributed by atoms with Gasteiger partial charge in [-0.15, -0.1) is 0 Å². The molecule has 0 amide bonds. The number of nitrogens with zero attached hydrogens (tertiary/aromatic N) is 2. The van der Waals surface area contributed by atoms with E-state index in [-0.39, 0.29) is 0 Å². The summed E-state index contributed by atoms with van der Waals surface area (Å²) in [4.78, 5) is 2.25. The van der Waals surface area contributed by atoms with Gasteiger partial charge in [0.05, 0.1) is 11.3 Å². The van der Waals surface area contributed by atoms with Crippen LogP contribution in [0.1, 0.15) is 49.1 Å². The Morgan fingerprint density at radius 3 is 2.31 bits per heavy atom. The quantitative estimate of drug-likeness (QED) is 0.375. The van der Waals surface area contributed by atoms with Gasteiger partial charge in [0, 0.05) is 23.5 Å². The van der Waals surface area contributed by atoms with Crippen LogP contribution < -0.4 is 4.90 Å². The molecule has 0 spiro atoms. The molecule has 4 aromatic rings. The molecular formula is C26H24N2O. The first kappa shape index (κ1) is 17.8. The van der Waals surface area contributed by atoms with E-state index in [2.05, 4.69) is 60.5 Å². The Balaban J connectivity index is 1.66. The Morgan fingerprint density at radius 1 is 0.828 bits per heavy atom. The van der Waals surface area contributed by atoms with E-state index < -0.39 is 0 Å². The lowest BCUT2D eigenvalue weighted by molar-refractivity contribution is 0.444. The van der Waals surface area contributed by atoms with Crippen LogP contribution in [0.3, 0.4) is 0 Å². The summed E-state index contributed by atoms with van der Waals surface area (Å²) in [6.07, 6.45) is 6.53. The second kappa shape index (κ2) is 7.29. The van der Waals surface area contributed by atoms with Crippen LogP contribution in [0.5, 0.6) is 0 Å². The van der Waals surface area contributed by atoms with E-state index in [9.17, 15) is 5.26 Å². The third-order valence-electron chi connectivity index (χ3n) is 6.33. The van der Waals surface area contributed by atoms with Crippen molar-refractivity contribution in [1.82, 2.24) is 0 Å². The van der Waals surface area contributed by atoms with Gasteiger partial charge in [0.15, 0.2) is 11.2 Å². The zero-order valence-corrected chi connectivity index (χ0v) is 16.7. The maximum absolute atomic E-state index is 9.48. The third-order valence-corrected chi connectivity index (χ3v) is 6.33. The molecule has 0 bridgehead atoms. The van der Waals surface area contributed by atoms with Crippen molar-refractivity contribution in [1.29, 1.82) is 5.26 Å². The van der Waals surface area contributed by atoms with Gasteiger partial charge < -0.3 is 9.32 Å².